The Balaban J connectivity index is 2.23. The highest BCUT2D eigenvalue weighted by molar-refractivity contribution is 5.18. The van der Waals surface area contributed by atoms with Crippen molar-refractivity contribution in [2.45, 2.75) is 6.92 Å². The topological polar surface area (TPSA) is 16.6 Å². The van der Waals surface area contributed by atoms with Gasteiger partial charge in [-0.25, -0.2) is 0 Å². The van der Waals surface area contributed by atoms with Crippen LogP contribution in [0.5, 0.6) is 0 Å². The Kier molecular flexibility index (Phi) is 0.701. The van der Waals surface area contributed by atoms with Gasteiger partial charge in [0.15, 0.2) is 0 Å². The Morgan fingerprint density at radius 1 is 1.83 bits per heavy atom. The molecule has 2 N–H and O–H groups in total. The van der Waals surface area contributed by atoms with Crippen LogP contribution >= 0.6 is 0 Å². The average Bonchev–Trinajstić information content (AvgIpc) is 2.19. The van der Waals surface area contributed by atoms with E-state index in [0.717, 1.165) is 5.92 Å². The Morgan fingerprint density at radius 2 is 2.33 bits per heavy atom. The molecule has 0 aromatic rings. The molecule has 1 unspecified atom stereocenters. The minimum atomic E-state index is 0.801. The summed E-state index contributed by atoms with van der Waals surface area (Å²) in [6.45, 7) is 2.20. The minimum absolute atomic E-state index is 0.801. The molecule has 0 saturated heterocycles. The second-order valence-electron chi connectivity index (χ2n) is 1.74. The number of allylic oxidation sites excluding steroid dienone is 2. The van der Waals surface area contributed by atoms with Crippen molar-refractivity contribution in [3.05, 3.63) is 11.8 Å². The molecule has 1 aliphatic rings. The van der Waals surface area contributed by atoms with Gasteiger partial charge >= 0.3 is 0 Å². The SMILES string of the molecule is C[NH2+]C1=CC1C. The number of nitrogens with two attached hydrogens (primary N) is 1. The van der Waals surface area contributed by atoms with E-state index < -0.39 is 0 Å². The minimum Gasteiger partial charge on any atom is -0.320 e. The highest BCUT2D eigenvalue weighted by atomic mass is 14.9. The molecule has 1 heteroatoms. The zero-order valence-electron chi connectivity index (χ0n) is 4.23. The van der Waals surface area contributed by atoms with Crippen molar-refractivity contribution in [1.82, 2.24) is 0 Å². The lowest BCUT2D eigenvalue weighted by molar-refractivity contribution is -0.572. The summed E-state index contributed by atoms with van der Waals surface area (Å²) in [5.74, 6) is 0.801. The molecule has 1 atom stereocenters. The molecule has 0 bridgehead atoms. The lowest BCUT2D eigenvalue weighted by Crippen LogP contribution is -2.75. The number of hydrogen-bond acceptors (Lipinski definition) is 0. The smallest absolute Gasteiger partial charge is 0.109 e. The molecule has 0 saturated carbocycles. The van der Waals surface area contributed by atoms with Crippen LogP contribution in [0.15, 0.2) is 11.8 Å². The monoisotopic (exact) mass is 84.1 g/mol. The molecule has 0 aromatic carbocycles. The first-order chi connectivity index (χ1) is 2.84. The normalized spacial score (nSPS) is 29.7. The van der Waals surface area contributed by atoms with Crippen molar-refractivity contribution < 1.29 is 5.32 Å². The van der Waals surface area contributed by atoms with Gasteiger partial charge in [-0.15, -0.1) is 0 Å². The van der Waals surface area contributed by atoms with Gasteiger partial charge in [0.25, 0.3) is 0 Å². The van der Waals surface area contributed by atoms with E-state index in [1.807, 2.05) is 0 Å². The number of hydrogen-bond donors (Lipinski definition) is 1. The molecule has 0 heterocycles. The number of rotatable bonds is 1. The van der Waals surface area contributed by atoms with Crippen LogP contribution in [0.2, 0.25) is 0 Å². The van der Waals surface area contributed by atoms with Crippen LogP contribution in [-0.2, 0) is 0 Å². The van der Waals surface area contributed by atoms with Gasteiger partial charge in [0.2, 0.25) is 0 Å². The maximum absolute atomic E-state index is 2.25. The molecule has 0 amide bonds. The van der Waals surface area contributed by atoms with Crippen molar-refractivity contribution in [3.63, 3.8) is 0 Å². The van der Waals surface area contributed by atoms with Gasteiger partial charge in [-0.3, -0.25) is 0 Å². The molecule has 0 aromatic heterocycles. The fourth-order valence-electron chi connectivity index (χ4n) is 0.600. The van der Waals surface area contributed by atoms with Gasteiger partial charge in [0.05, 0.1) is 13.0 Å². The summed E-state index contributed by atoms with van der Waals surface area (Å²) < 4.78 is 0. The maximum Gasteiger partial charge on any atom is 0.109 e. The van der Waals surface area contributed by atoms with Gasteiger partial charge < -0.3 is 5.32 Å². The Bertz CT molecular complexity index is 83.9. The predicted molar refractivity (Wildman–Crippen MR) is 25.1 cm³/mol. The molecule has 34 valence electrons. The molecular weight excluding hydrogens is 74.1 g/mol. The molecule has 0 radical (unpaired) electrons. The molecule has 0 fully saturated rings. The van der Waals surface area contributed by atoms with E-state index in [9.17, 15) is 0 Å². The fourth-order valence-corrected chi connectivity index (χ4v) is 0.600. The largest absolute Gasteiger partial charge is 0.320 e. The van der Waals surface area contributed by atoms with E-state index in [1.54, 1.807) is 0 Å². The second kappa shape index (κ2) is 1.09. The van der Waals surface area contributed by atoms with Crippen molar-refractivity contribution in [2.75, 3.05) is 7.05 Å². The third kappa shape index (κ3) is 0.455. The van der Waals surface area contributed by atoms with Crippen molar-refractivity contribution in [3.8, 4) is 0 Å². The molecule has 6 heavy (non-hydrogen) atoms. The van der Waals surface area contributed by atoms with E-state index in [0.29, 0.717) is 0 Å². The highest BCUT2D eigenvalue weighted by Crippen LogP contribution is 2.19. The van der Waals surface area contributed by atoms with E-state index in [-0.39, 0.29) is 0 Å². The summed E-state index contributed by atoms with van der Waals surface area (Å²) in [5.41, 5.74) is 1.51. The summed E-state index contributed by atoms with van der Waals surface area (Å²) in [5, 5.41) is 2.16. The van der Waals surface area contributed by atoms with Crippen molar-refractivity contribution in [1.29, 1.82) is 0 Å². The van der Waals surface area contributed by atoms with Gasteiger partial charge in [-0.1, -0.05) is 0 Å². The van der Waals surface area contributed by atoms with Crippen molar-refractivity contribution >= 4 is 0 Å². The quantitative estimate of drug-likeness (QED) is 0.449. The van der Waals surface area contributed by atoms with Crippen LogP contribution in [0.3, 0.4) is 0 Å². The lowest BCUT2D eigenvalue weighted by atomic mass is 10.4. The first kappa shape index (κ1) is 3.88. The first-order valence-corrected chi connectivity index (χ1v) is 2.35. The fraction of sp³-hybridized carbons (Fsp3) is 0.600. The van der Waals surface area contributed by atoms with Gasteiger partial charge in [-0.2, -0.15) is 0 Å². The third-order valence-electron chi connectivity index (χ3n) is 1.19. The van der Waals surface area contributed by atoms with Crippen molar-refractivity contribution in [2.24, 2.45) is 5.92 Å². The van der Waals surface area contributed by atoms with Crippen LogP contribution in [0.4, 0.5) is 0 Å². The Hall–Kier alpha value is -0.300. The van der Waals surface area contributed by atoms with Crippen LogP contribution in [-0.4, -0.2) is 7.05 Å². The van der Waals surface area contributed by atoms with E-state index in [2.05, 4.69) is 25.4 Å². The average molecular weight is 84.1 g/mol. The Labute approximate surface area is 38.1 Å². The van der Waals surface area contributed by atoms with E-state index in [1.165, 1.54) is 5.70 Å². The maximum atomic E-state index is 2.25. The zero-order valence-corrected chi connectivity index (χ0v) is 4.23. The molecule has 0 spiro atoms. The predicted octanol–water partition coefficient (Wildman–Crippen LogP) is -0.287. The van der Waals surface area contributed by atoms with Gasteiger partial charge in [-0.05, 0) is 13.0 Å². The first-order valence-electron chi connectivity index (χ1n) is 2.35. The summed E-state index contributed by atoms with van der Waals surface area (Å²) in [6.07, 6.45) is 2.25. The van der Waals surface area contributed by atoms with Crippen LogP contribution in [0, 0.1) is 5.92 Å². The summed E-state index contributed by atoms with van der Waals surface area (Å²) in [4.78, 5) is 0. The molecule has 1 aliphatic carbocycles. The summed E-state index contributed by atoms with van der Waals surface area (Å²) >= 11 is 0. The molecular formula is C5H10N+. The molecule has 1 nitrogen and oxygen atoms in total. The number of quaternary nitrogens is 1. The standard InChI is InChI=1S/C5H9N/c1-4-3-5(4)6-2/h3-4,6H,1-2H3/p+1. The highest BCUT2D eigenvalue weighted by Gasteiger charge is 2.21. The van der Waals surface area contributed by atoms with Gasteiger partial charge in [0, 0.05) is 0 Å². The van der Waals surface area contributed by atoms with Gasteiger partial charge in [0.1, 0.15) is 5.70 Å². The molecule has 0 aliphatic heterocycles. The van der Waals surface area contributed by atoms with Crippen LogP contribution in [0.1, 0.15) is 6.92 Å². The van der Waals surface area contributed by atoms with E-state index >= 15 is 0 Å². The molecule has 1 rings (SSSR count). The third-order valence-corrected chi connectivity index (χ3v) is 1.19. The zero-order chi connectivity index (χ0) is 4.57. The second-order valence-corrected chi connectivity index (χ2v) is 1.74. The van der Waals surface area contributed by atoms with E-state index in [4.69, 9.17) is 0 Å². The van der Waals surface area contributed by atoms with Crippen LogP contribution < -0.4 is 5.32 Å². The summed E-state index contributed by atoms with van der Waals surface area (Å²) in [6, 6.07) is 0. The lowest BCUT2D eigenvalue weighted by Gasteiger charge is -1.78. The van der Waals surface area contributed by atoms with Crippen LogP contribution in [0.25, 0.3) is 0 Å². The summed E-state index contributed by atoms with van der Waals surface area (Å²) in [7, 11) is 2.08. The Morgan fingerprint density at radius 3 is 2.33 bits per heavy atom.